The van der Waals surface area contributed by atoms with Gasteiger partial charge in [-0.05, 0) is 19.1 Å². The van der Waals surface area contributed by atoms with E-state index in [0.717, 1.165) is 0 Å². The van der Waals surface area contributed by atoms with Gasteiger partial charge in [0, 0.05) is 32.2 Å². The quantitative estimate of drug-likeness (QED) is 0.700. The van der Waals surface area contributed by atoms with Crippen LogP contribution in [0, 0.1) is 0 Å². The zero-order valence-electron chi connectivity index (χ0n) is 15.2. The Labute approximate surface area is 159 Å². The second kappa shape index (κ2) is 7.76. The van der Waals surface area contributed by atoms with E-state index < -0.39 is 37.1 Å². The molecule has 10 heteroatoms. The van der Waals surface area contributed by atoms with Crippen LogP contribution in [0.4, 0.5) is 4.79 Å². The van der Waals surface area contributed by atoms with Crippen molar-refractivity contribution < 1.29 is 26.4 Å². The number of sulfone groups is 2. The van der Waals surface area contributed by atoms with E-state index in [1.807, 2.05) is 4.90 Å². The van der Waals surface area contributed by atoms with Crippen LogP contribution < -0.4 is 0 Å². The van der Waals surface area contributed by atoms with Gasteiger partial charge in [-0.3, -0.25) is 4.90 Å². The predicted molar refractivity (Wildman–Crippen MR) is 100 cm³/mol. The van der Waals surface area contributed by atoms with Crippen molar-refractivity contribution in [3.63, 3.8) is 0 Å². The van der Waals surface area contributed by atoms with Gasteiger partial charge in [0.25, 0.3) is 0 Å². The Hall–Kier alpha value is -1.65. The minimum absolute atomic E-state index is 0.141. The number of amides is 1. The molecule has 0 spiro atoms. The Morgan fingerprint density at radius 2 is 1.74 bits per heavy atom. The van der Waals surface area contributed by atoms with Crippen LogP contribution in [0.25, 0.3) is 0 Å². The van der Waals surface area contributed by atoms with Crippen LogP contribution in [-0.4, -0.2) is 88.3 Å². The molecule has 2 heterocycles. The van der Waals surface area contributed by atoms with Gasteiger partial charge in [-0.25, -0.2) is 21.6 Å². The van der Waals surface area contributed by atoms with Crippen molar-refractivity contribution >= 4 is 25.8 Å². The Morgan fingerprint density at radius 1 is 1.11 bits per heavy atom. The third-order valence-corrected chi connectivity index (χ3v) is 9.19. The first-order chi connectivity index (χ1) is 12.7. The van der Waals surface area contributed by atoms with Crippen LogP contribution in [0.1, 0.15) is 6.92 Å². The van der Waals surface area contributed by atoms with Crippen molar-refractivity contribution in [1.82, 2.24) is 9.80 Å². The van der Waals surface area contributed by atoms with Crippen molar-refractivity contribution in [2.75, 3.05) is 44.3 Å². The molecular formula is C17H24N2O6S2. The number of carbonyl (C=O) groups is 1. The molecule has 2 fully saturated rings. The van der Waals surface area contributed by atoms with Crippen molar-refractivity contribution in [3.05, 3.63) is 30.3 Å². The largest absolute Gasteiger partial charge is 0.450 e. The Bertz CT molecular complexity index is 877. The van der Waals surface area contributed by atoms with Gasteiger partial charge in [0.1, 0.15) is 0 Å². The summed E-state index contributed by atoms with van der Waals surface area (Å²) in [5, 5.41) is -1.00. The summed E-state index contributed by atoms with van der Waals surface area (Å²) in [5.41, 5.74) is 0. The zero-order chi connectivity index (χ0) is 19.7. The molecule has 0 aromatic heterocycles. The normalized spacial score (nSPS) is 26.0. The van der Waals surface area contributed by atoms with E-state index in [9.17, 15) is 21.6 Å². The van der Waals surface area contributed by atoms with Crippen LogP contribution >= 0.6 is 0 Å². The summed E-state index contributed by atoms with van der Waals surface area (Å²) in [6, 6.07) is 7.36. The maximum Gasteiger partial charge on any atom is 0.409 e. The van der Waals surface area contributed by atoms with Crippen LogP contribution in [0.2, 0.25) is 0 Å². The first-order valence-electron chi connectivity index (χ1n) is 8.90. The standard InChI is InChI=1S/C17H24N2O6S2/c1-2-25-17(20)19-10-8-18(9-11-19)15-12-26(21,22)13-16(15)27(23,24)14-6-4-3-5-7-14/h3-7,15-16H,2,8-13H2,1H3. The van der Waals surface area contributed by atoms with Crippen LogP contribution in [-0.2, 0) is 24.4 Å². The average molecular weight is 417 g/mol. The smallest absolute Gasteiger partial charge is 0.409 e. The molecule has 1 aromatic rings. The third kappa shape index (κ3) is 4.27. The lowest BCUT2D eigenvalue weighted by molar-refractivity contribution is 0.0700. The molecule has 3 rings (SSSR count). The number of hydrogen-bond donors (Lipinski definition) is 0. The SMILES string of the molecule is CCOC(=O)N1CCN(C2CS(=O)(=O)CC2S(=O)(=O)c2ccccc2)CC1. The number of nitrogens with zero attached hydrogens (tertiary/aromatic N) is 2. The Balaban J connectivity index is 1.79. The molecule has 2 aliphatic heterocycles. The first kappa shape index (κ1) is 20.1. The van der Waals surface area contributed by atoms with Crippen molar-refractivity contribution in [1.29, 1.82) is 0 Å². The van der Waals surface area contributed by atoms with Crippen LogP contribution in [0.15, 0.2) is 35.2 Å². The van der Waals surface area contributed by atoms with Gasteiger partial charge in [-0.15, -0.1) is 0 Å². The summed E-state index contributed by atoms with van der Waals surface area (Å²) in [6.45, 7) is 3.62. The number of piperazine rings is 1. The molecule has 0 saturated carbocycles. The maximum atomic E-state index is 13.1. The molecule has 0 radical (unpaired) electrons. The second-order valence-electron chi connectivity index (χ2n) is 6.76. The van der Waals surface area contributed by atoms with E-state index in [1.54, 1.807) is 30.0 Å². The van der Waals surface area contributed by atoms with E-state index in [-0.39, 0.29) is 23.0 Å². The summed E-state index contributed by atoms with van der Waals surface area (Å²) in [6.07, 6.45) is -0.398. The molecule has 0 bridgehead atoms. The highest BCUT2D eigenvalue weighted by Gasteiger charge is 2.48. The van der Waals surface area contributed by atoms with Gasteiger partial charge in [0.2, 0.25) is 0 Å². The fraction of sp³-hybridized carbons (Fsp3) is 0.588. The molecule has 1 amide bonds. The molecule has 0 aliphatic carbocycles. The van der Waals surface area contributed by atoms with E-state index in [2.05, 4.69) is 0 Å². The number of ether oxygens (including phenoxy) is 1. The fourth-order valence-corrected chi connectivity index (χ4v) is 8.52. The number of rotatable bonds is 4. The molecule has 1 aromatic carbocycles. The zero-order valence-corrected chi connectivity index (χ0v) is 16.8. The van der Waals surface area contributed by atoms with E-state index in [0.29, 0.717) is 26.2 Å². The summed E-state index contributed by atoms with van der Waals surface area (Å²) in [4.78, 5) is 15.4. The molecular weight excluding hydrogens is 392 g/mol. The first-order valence-corrected chi connectivity index (χ1v) is 12.3. The Morgan fingerprint density at radius 3 is 2.33 bits per heavy atom. The van der Waals surface area contributed by atoms with Crippen LogP contribution in [0.3, 0.4) is 0 Å². The predicted octanol–water partition coefficient (Wildman–Crippen LogP) is 0.400. The average Bonchev–Trinajstić information content (AvgIpc) is 2.99. The van der Waals surface area contributed by atoms with Gasteiger partial charge in [-0.1, -0.05) is 18.2 Å². The lowest BCUT2D eigenvalue weighted by Crippen LogP contribution is -2.55. The molecule has 0 N–H and O–H groups in total. The second-order valence-corrected chi connectivity index (χ2v) is 11.1. The van der Waals surface area contributed by atoms with Gasteiger partial charge >= 0.3 is 6.09 Å². The molecule has 2 unspecified atom stereocenters. The van der Waals surface area contributed by atoms with Crippen molar-refractivity contribution in [3.8, 4) is 0 Å². The lowest BCUT2D eigenvalue weighted by Gasteiger charge is -2.38. The number of carbonyl (C=O) groups excluding carboxylic acids is 1. The summed E-state index contributed by atoms with van der Waals surface area (Å²) in [7, 11) is -7.22. The molecule has 2 atom stereocenters. The van der Waals surface area contributed by atoms with Gasteiger partial charge in [0.15, 0.2) is 19.7 Å². The minimum atomic E-state index is -3.77. The molecule has 8 nitrogen and oxygen atoms in total. The van der Waals surface area contributed by atoms with E-state index >= 15 is 0 Å². The van der Waals surface area contributed by atoms with E-state index in [1.165, 1.54) is 12.1 Å². The topological polar surface area (TPSA) is 101 Å². The summed E-state index contributed by atoms with van der Waals surface area (Å²) in [5.74, 6) is -0.546. The fourth-order valence-electron chi connectivity index (χ4n) is 3.67. The molecule has 2 aliphatic rings. The molecule has 2 saturated heterocycles. The minimum Gasteiger partial charge on any atom is -0.450 e. The Kier molecular flexibility index (Phi) is 5.78. The van der Waals surface area contributed by atoms with Gasteiger partial charge < -0.3 is 9.64 Å². The highest BCUT2D eigenvalue weighted by molar-refractivity contribution is 7.96. The van der Waals surface area contributed by atoms with Crippen molar-refractivity contribution in [2.24, 2.45) is 0 Å². The third-order valence-electron chi connectivity index (χ3n) is 5.05. The van der Waals surface area contributed by atoms with Gasteiger partial charge in [-0.2, -0.15) is 0 Å². The monoisotopic (exact) mass is 416 g/mol. The van der Waals surface area contributed by atoms with Crippen molar-refractivity contribution in [2.45, 2.75) is 23.1 Å². The highest BCUT2D eigenvalue weighted by Crippen LogP contribution is 2.29. The molecule has 150 valence electrons. The lowest BCUT2D eigenvalue weighted by atomic mass is 10.2. The summed E-state index contributed by atoms with van der Waals surface area (Å²) < 4.78 is 55.6. The highest BCUT2D eigenvalue weighted by atomic mass is 32.2. The number of hydrogen-bond acceptors (Lipinski definition) is 7. The number of benzene rings is 1. The summed E-state index contributed by atoms with van der Waals surface area (Å²) >= 11 is 0. The van der Waals surface area contributed by atoms with Crippen LogP contribution in [0.5, 0.6) is 0 Å². The maximum absolute atomic E-state index is 13.1. The van der Waals surface area contributed by atoms with Gasteiger partial charge in [0.05, 0.1) is 28.3 Å². The molecule has 27 heavy (non-hydrogen) atoms. The van der Waals surface area contributed by atoms with E-state index in [4.69, 9.17) is 4.74 Å².